The number of benzene rings is 2. The zero-order valence-corrected chi connectivity index (χ0v) is 17.6. The Morgan fingerprint density at radius 2 is 2.00 bits per heavy atom. The first-order valence-electron chi connectivity index (χ1n) is 10.7. The Morgan fingerprint density at radius 3 is 2.77 bits per heavy atom. The van der Waals surface area contributed by atoms with Crippen molar-refractivity contribution >= 4 is 10.9 Å². The van der Waals surface area contributed by atoms with Crippen LogP contribution < -0.4 is 15.6 Å². The summed E-state index contributed by atoms with van der Waals surface area (Å²) in [7, 11) is 0. The topological polar surface area (TPSA) is 61.1 Å². The van der Waals surface area contributed by atoms with E-state index in [1.54, 1.807) is 10.8 Å². The quantitative estimate of drug-likeness (QED) is 0.522. The van der Waals surface area contributed by atoms with Crippen LogP contribution in [0.5, 0.6) is 5.75 Å². The lowest BCUT2D eigenvalue weighted by Crippen LogP contribution is -2.27. The van der Waals surface area contributed by atoms with Gasteiger partial charge in [-0.15, -0.1) is 0 Å². The average molecular weight is 415 g/mol. The molecule has 0 amide bonds. The van der Waals surface area contributed by atoms with Gasteiger partial charge in [-0.2, -0.15) is 5.10 Å². The van der Waals surface area contributed by atoms with Gasteiger partial charge in [0.15, 0.2) is 0 Å². The molecule has 1 unspecified atom stereocenters. The smallest absolute Gasteiger partial charge is 0.258 e. The van der Waals surface area contributed by atoms with Gasteiger partial charge in [-0.25, -0.2) is 0 Å². The van der Waals surface area contributed by atoms with E-state index >= 15 is 0 Å². The second-order valence-electron chi connectivity index (χ2n) is 8.36. The average Bonchev–Trinajstić information content (AvgIpc) is 3.38. The Hall–Kier alpha value is -3.38. The van der Waals surface area contributed by atoms with Gasteiger partial charge >= 0.3 is 0 Å². The molecule has 3 heterocycles. The second-order valence-corrected chi connectivity index (χ2v) is 8.36. The molecule has 0 spiro atoms. The Balaban J connectivity index is 1.33. The molecule has 6 nitrogen and oxygen atoms in total. The zero-order chi connectivity index (χ0) is 21.2. The Kier molecular flexibility index (Phi) is 5.30. The monoisotopic (exact) mass is 414 g/mol. The molecule has 1 fully saturated rings. The number of hydrogen-bond donors (Lipinski definition) is 1. The third kappa shape index (κ3) is 4.25. The lowest BCUT2D eigenvalue weighted by atomic mass is 10.1. The molecule has 2 aromatic carbocycles. The molecule has 1 saturated heterocycles. The van der Waals surface area contributed by atoms with E-state index in [0.717, 1.165) is 35.2 Å². The minimum Gasteiger partial charge on any atom is -0.489 e. The minimum atomic E-state index is -0.124. The summed E-state index contributed by atoms with van der Waals surface area (Å²) in [5.41, 5.74) is 2.85. The SMILES string of the molecule is C[C@H]1CNC(Cn2ncc3cc(-n4ccc(OCc5ccccc5)cc4=O)ccc32)C1. The number of nitrogens with zero attached hydrogens (tertiary/aromatic N) is 3. The maximum absolute atomic E-state index is 12.7. The van der Waals surface area contributed by atoms with E-state index in [1.165, 1.54) is 12.5 Å². The molecule has 0 radical (unpaired) electrons. The second kappa shape index (κ2) is 8.40. The van der Waals surface area contributed by atoms with Crippen LogP contribution in [0.4, 0.5) is 0 Å². The molecule has 1 N–H and O–H groups in total. The van der Waals surface area contributed by atoms with Gasteiger partial charge in [0.1, 0.15) is 12.4 Å². The third-order valence-corrected chi connectivity index (χ3v) is 5.88. The van der Waals surface area contributed by atoms with Crippen molar-refractivity contribution in [3.05, 3.63) is 89.0 Å². The summed E-state index contributed by atoms with van der Waals surface area (Å²) in [5, 5.41) is 9.17. The van der Waals surface area contributed by atoms with Crippen LogP contribution in [0, 0.1) is 5.92 Å². The van der Waals surface area contributed by atoms with Gasteiger partial charge in [0.2, 0.25) is 0 Å². The van der Waals surface area contributed by atoms with Crippen LogP contribution in [0.25, 0.3) is 16.6 Å². The molecule has 0 saturated carbocycles. The van der Waals surface area contributed by atoms with Gasteiger partial charge < -0.3 is 10.1 Å². The zero-order valence-electron chi connectivity index (χ0n) is 17.6. The number of aromatic nitrogens is 3. The molecule has 5 rings (SSSR count). The lowest BCUT2D eigenvalue weighted by Gasteiger charge is -2.12. The van der Waals surface area contributed by atoms with Crippen molar-refractivity contribution in [1.82, 2.24) is 19.7 Å². The van der Waals surface area contributed by atoms with Gasteiger partial charge in [-0.3, -0.25) is 14.0 Å². The van der Waals surface area contributed by atoms with Crippen molar-refractivity contribution in [2.75, 3.05) is 6.54 Å². The summed E-state index contributed by atoms with van der Waals surface area (Å²) in [5.74, 6) is 1.28. The van der Waals surface area contributed by atoms with Crippen molar-refractivity contribution < 1.29 is 4.74 Å². The van der Waals surface area contributed by atoms with Crippen LogP contribution in [0.3, 0.4) is 0 Å². The highest BCUT2D eigenvalue weighted by atomic mass is 16.5. The van der Waals surface area contributed by atoms with Gasteiger partial charge in [0, 0.05) is 29.4 Å². The summed E-state index contributed by atoms with van der Waals surface area (Å²) in [6.07, 6.45) is 4.81. The van der Waals surface area contributed by atoms with Crippen molar-refractivity contribution in [2.24, 2.45) is 5.92 Å². The predicted molar refractivity (Wildman–Crippen MR) is 122 cm³/mol. The Bertz CT molecular complexity index is 1250. The Labute approximate surface area is 181 Å². The van der Waals surface area contributed by atoms with Gasteiger partial charge in [-0.05, 0) is 48.7 Å². The van der Waals surface area contributed by atoms with E-state index in [0.29, 0.717) is 24.3 Å². The van der Waals surface area contributed by atoms with Crippen molar-refractivity contribution in [2.45, 2.75) is 32.5 Å². The molecule has 31 heavy (non-hydrogen) atoms. The van der Waals surface area contributed by atoms with Crippen molar-refractivity contribution in [3.8, 4) is 11.4 Å². The third-order valence-electron chi connectivity index (χ3n) is 5.88. The number of ether oxygens (including phenoxy) is 1. The number of nitrogens with one attached hydrogen (secondary N) is 1. The summed E-state index contributed by atoms with van der Waals surface area (Å²) in [6.45, 7) is 4.64. The maximum atomic E-state index is 12.7. The Morgan fingerprint density at radius 1 is 1.13 bits per heavy atom. The van der Waals surface area contributed by atoms with Crippen LogP contribution in [0.2, 0.25) is 0 Å². The van der Waals surface area contributed by atoms with E-state index in [1.807, 2.05) is 60.8 Å². The summed E-state index contributed by atoms with van der Waals surface area (Å²) >= 11 is 0. The van der Waals surface area contributed by atoms with Crippen molar-refractivity contribution in [3.63, 3.8) is 0 Å². The fourth-order valence-electron chi connectivity index (χ4n) is 4.24. The largest absolute Gasteiger partial charge is 0.489 e. The summed E-state index contributed by atoms with van der Waals surface area (Å²) < 4.78 is 9.46. The first kappa shape index (κ1) is 19.6. The molecule has 4 aromatic rings. The molecule has 1 aliphatic heterocycles. The van der Waals surface area contributed by atoms with Gasteiger partial charge in [0.05, 0.1) is 18.3 Å². The van der Waals surface area contributed by atoms with Crippen molar-refractivity contribution in [1.29, 1.82) is 0 Å². The molecule has 2 atom stereocenters. The maximum Gasteiger partial charge on any atom is 0.258 e. The number of rotatable bonds is 6. The first-order valence-corrected chi connectivity index (χ1v) is 10.7. The van der Waals surface area contributed by atoms with Crippen LogP contribution >= 0.6 is 0 Å². The summed E-state index contributed by atoms with van der Waals surface area (Å²) in [6, 6.07) is 19.8. The predicted octanol–water partition coefficient (Wildman–Crippen LogP) is 3.76. The van der Waals surface area contributed by atoms with E-state index in [4.69, 9.17) is 4.74 Å². The minimum absolute atomic E-state index is 0.124. The number of fused-ring (bicyclic) bond motifs is 1. The standard InChI is InChI=1S/C25H26N4O2/c1-18-11-21(26-14-18)16-29-24-8-7-22(12-20(24)15-27-29)28-10-9-23(13-25(28)30)31-17-19-5-3-2-4-6-19/h2-10,12-13,15,18,21,26H,11,14,16-17H2,1H3/t18-,21?/m1/s1. The highest BCUT2D eigenvalue weighted by Crippen LogP contribution is 2.21. The molecule has 6 heteroatoms. The first-order chi connectivity index (χ1) is 15.2. The molecular formula is C25H26N4O2. The lowest BCUT2D eigenvalue weighted by molar-refractivity contribution is 0.305. The highest BCUT2D eigenvalue weighted by Gasteiger charge is 2.21. The molecule has 0 bridgehead atoms. The van der Waals surface area contributed by atoms with E-state index in [9.17, 15) is 4.79 Å². The van der Waals surface area contributed by atoms with Crippen LogP contribution in [0.15, 0.2) is 77.9 Å². The van der Waals surface area contributed by atoms with Crippen LogP contribution in [0.1, 0.15) is 18.9 Å². The number of pyridine rings is 1. The fourth-order valence-corrected chi connectivity index (χ4v) is 4.24. The number of hydrogen-bond acceptors (Lipinski definition) is 4. The normalized spacial score (nSPS) is 18.5. The highest BCUT2D eigenvalue weighted by molar-refractivity contribution is 5.81. The molecule has 158 valence electrons. The van der Waals surface area contributed by atoms with Crippen LogP contribution in [-0.2, 0) is 13.2 Å². The van der Waals surface area contributed by atoms with E-state index in [-0.39, 0.29) is 5.56 Å². The van der Waals surface area contributed by atoms with Crippen LogP contribution in [-0.4, -0.2) is 26.9 Å². The molecule has 2 aromatic heterocycles. The molecule has 1 aliphatic rings. The van der Waals surface area contributed by atoms with Gasteiger partial charge in [-0.1, -0.05) is 37.3 Å². The molecular weight excluding hydrogens is 388 g/mol. The summed E-state index contributed by atoms with van der Waals surface area (Å²) in [4.78, 5) is 12.7. The van der Waals surface area contributed by atoms with Gasteiger partial charge in [0.25, 0.3) is 5.56 Å². The van der Waals surface area contributed by atoms with E-state index < -0.39 is 0 Å². The fraction of sp³-hybridized carbons (Fsp3) is 0.280. The molecule has 0 aliphatic carbocycles. The van der Waals surface area contributed by atoms with E-state index in [2.05, 4.69) is 22.0 Å².